The Kier molecular flexibility index (Phi) is 12.0. The molecule has 4 atom stereocenters. The van der Waals surface area contributed by atoms with Gasteiger partial charge in [0.05, 0.1) is 12.5 Å². The van der Waals surface area contributed by atoms with Crippen molar-refractivity contribution in [3.63, 3.8) is 0 Å². The number of benzene rings is 1. The maximum absolute atomic E-state index is 13.1. The summed E-state index contributed by atoms with van der Waals surface area (Å²) >= 11 is 0. The van der Waals surface area contributed by atoms with Crippen LogP contribution >= 0.6 is 0 Å². The van der Waals surface area contributed by atoms with Gasteiger partial charge < -0.3 is 42.1 Å². The molecule has 0 aliphatic rings. The van der Waals surface area contributed by atoms with Crippen molar-refractivity contribution in [2.45, 2.75) is 63.7 Å². The molecule has 0 saturated heterocycles. The molecule has 0 aromatic heterocycles. The van der Waals surface area contributed by atoms with Gasteiger partial charge in [-0.1, -0.05) is 26.0 Å². The highest BCUT2D eigenvalue weighted by atomic mass is 16.4. The van der Waals surface area contributed by atoms with E-state index in [1.54, 1.807) is 13.8 Å². The molecule has 0 fully saturated rings. The molecule has 1 aromatic carbocycles. The van der Waals surface area contributed by atoms with Gasteiger partial charge in [0.1, 0.15) is 23.9 Å². The Morgan fingerprint density at radius 3 is 1.86 bits per heavy atom. The summed E-state index contributed by atoms with van der Waals surface area (Å²) in [6.07, 6.45) is -1.73. The fourth-order valence-corrected chi connectivity index (χ4v) is 3.21. The number of carbonyl (C=O) groups excluding carboxylic acids is 3. The minimum absolute atomic E-state index is 0.0475. The lowest BCUT2D eigenvalue weighted by molar-refractivity contribution is -0.143. The van der Waals surface area contributed by atoms with Crippen molar-refractivity contribution in [3.05, 3.63) is 29.8 Å². The topological polar surface area (TPSA) is 245 Å². The summed E-state index contributed by atoms with van der Waals surface area (Å²) < 4.78 is 0. The van der Waals surface area contributed by atoms with Crippen molar-refractivity contribution in [1.29, 1.82) is 0 Å². The van der Waals surface area contributed by atoms with Crippen LogP contribution in [0.25, 0.3) is 0 Å². The van der Waals surface area contributed by atoms with Gasteiger partial charge in [0.25, 0.3) is 0 Å². The molecule has 9 N–H and O–H groups in total. The van der Waals surface area contributed by atoms with Gasteiger partial charge in [-0.15, -0.1) is 0 Å². The third kappa shape index (κ3) is 10.9. The van der Waals surface area contributed by atoms with Crippen LogP contribution in [0.1, 0.15) is 38.7 Å². The molecule has 1 rings (SSSR count). The van der Waals surface area contributed by atoms with Crippen LogP contribution in [0.3, 0.4) is 0 Å². The summed E-state index contributed by atoms with van der Waals surface area (Å²) in [7, 11) is 0. The number of aromatic hydroxyl groups is 1. The van der Waals surface area contributed by atoms with Crippen molar-refractivity contribution in [2.75, 3.05) is 0 Å². The van der Waals surface area contributed by atoms with Gasteiger partial charge in [-0.05, 0) is 30.0 Å². The van der Waals surface area contributed by atoms with Crippen molar-refractivity contribution in [3.8, 4) is 5.75 Å². The van der Waals surface area contributed by atoms with Crippen LogP contribution in [0.5, 0.6) is 5.75 Å². The first-order valence-corrected chi connectivity index (χ1v) is 11.3. The van der Waals surface area contributed by atoms with Crippen LogP contribution in [-0.2, 0) is 35.2 Å². The summed E-state index contributed by atoms with van der Waals surface area (Å²) in [6, 6.07) is 0.117. The number of carboxylic acid groups (broad SMARTS) is 3. The average Bonchev–Trinajstić information content (AvgIpc) is 2.79. The molecule has 14 nitrogen and oxygen atoms in total. The smallest absolute Gasteiger partial charge is 0.326 e. The van der Waals surface area contributed by atoms with E-state index in [0.717, 1.165) is 0 Å². The number of phenols is 1. The molecule has 37 heavy (non-hydrogen) atoms. The van der Waals surface area contributed by atoms with E-state index < -0.39 is 85.0 Å². The van der Waals surface area contributed by atoms with E-state index >= 15 is 0 Å². The third-order valence-corrected chi connectivity index (χ3v) is 5.25. The molecule has 0 bridgehead atoms. The number of carboxylic acids is 3. The second kappa shape index (κ2) is 14.4. The molecule has 0 saturated carbocycles. The van der Waals surface area contributed by atoms with Crippen molar-refractivity contribution < 1.29 is 49.2 Å². The van der Waals surface area contributed by atoms with Crippen molar-refractivity contribution in [1.82, 2.24) is 16.0 Å². The van der Waals surface area contributed by atoms with E-state index in [-0.39, 0.29) is 12.2 Å². The van der Waals surface area contributed by atoms with E-state index in [9.17, 15) is 39.0 Å². The first-order chi connectivity index (χ1) is 17.2. The predicted molar refractivity (Wildman–Crippen MR) is 127 cm³/mol. The van der Waals surface area contributed by atoms with Gasteiger partial charge in [0, 0.05) is 12.8 Å². The number of amides is 3. The first kappa shape index (κ1) is 30.8. The molecule has 1 aromatic rings. The second-order valence-corrected chi connectivity index (χ2v) is 8.70. The van der Waals surface area contributed by atoms with Gasteiger partial charge in [-0.25, -0.2) is 4.79 Å². The molecule has 0 aliphatic carbocycles. The van der Waals surface area contributed by atoms with Gasteiger partial charge in [0.15, 0.2) is 0 Å². The predicted octanol–water partition coefficient (Wildman–Crippen LogP) is -1.20. The number of aliphatic carboxylic acids is 3. The molecule has 204 valence electrons. The lowest BCUT2D eigenvalue weighted by atomic mass is 10.00. The number of nitrogens with one attached hydrogen (secondary N) is 3. The van der Waals surface area contributed by atoms with Gasteiger partial charge in [0.2, 0.25) is 17.7 Å². The van der Waals surface area contributed by atoms with Crippen LogP contribution < -0.4 is 21.7 Å². The molecule has 0 heterocycles. The lowest BCUT2D eigenvalue weighted by Gasteiger charge is -2.27. The standard InChI is InChI=1S/C23H32N4O10/c1-11(2)19(27-20(33)14(24)10-18(31)32)22(35)26-16(9-12-3-5-13(28)6-4-12)21(34)25-15(23(36)37)7-8-17(29)30/h3-6,11,14-16,19,28H,7-10,24H2,1-2H3,(H,25,34)(H,26,35)(H,27,33)(H,29,30)(H,31,32)(H,36,37). The van der Waals surface area contributed by atoms with Crippen LogP contribution in [0, 0.1) is 5.92 Å². The number of hydrogen-bond donors (Lipinski definition) is 8. The van der Waals surface area contributed by atoms with Crippen LogP contribution in [-0.4, -0.2) is 80.2 Å². The summed E-state index contributed by atoms with van der Waals surface area (Å²) in [6.45, 7) is 3.18. The van der Waals surface area contributed by atoms with Crippen LogP contribution in [0.4, 0.5) is 0 Å². The largest absolute Gasteiger partial charge is 0.508 e. The minimum atomic E-state index is -1.54. The SMILES string of the molecule is CC(C)C(NC(=O)C(N)CC(=O)O)C(=O)NC(Cc1ccc(O)cc1)C(=O)NC(CCC(=O)O)C(=O)O. The third-order valence-electron chi connectivity index (χ3n) is 5.25. The molecular weight excluding hydrogens is 492 g/mol. The zero-order valence-corrected chi connectivity index (χ0v) is 20.3. The van der Waals surface area contributed by atoms with E-state index in [4.69, 9.17) is 15.9 Å². The minimum Gasteiger partial charge on any atom is -0.508 e. The summed E-state index contributed by atoms with van der Waals surface area (Å²) in [5.74, 6) is -7.23. The summed E-state index contributed by atoms with van der Waals surface area (Å²) in [5, 5.41) is 43.6. The Morgan fingerprint density at radius 1 is 0.811 bits per heavy atom. The van der Waals surface area contributed by atoms with E-state index in [2.05, 4.69) is 16.0 Å². The highest BCUT2D eigenvalue weighted by Crippen LogP contribution is 2.13. The van der Waals surface area contributed by atoms with Gasteiger partial charge >= 0.3 is 17.9 Å². The van der Waals surface area contributed by atoms with Crippen LogP contribution in [0.15, 0.2) is 24.3 Å². The van der Waals surface area contributed by atoms with Crippen LogP contribution in [0.2, 0.25) is 0 Å². The highest BCUT2D eigenvalue weighted by Gasteiger charge is 2.32. The first-order valence-electron chi connectivity index (χ1n) is 11.3. The highest BCUT2D eigenvalue weighted by molar-refractivity contribution is 5.95. The normalized spacial score (nSPS) is 14.1. The molecule has 0 radical (unpaired) electrons. The van der Waals surface area contributed by atoms with E-state index in [0.29, 0.717) is 5.56 Å². The van der Waals surface area contributed by atoms with Gasteiger partial charge in [-0.2, -0.15) is 0 Å². The monoisotopic (exact) mass is 524 g/mol. The lowest BCUT2D eigenvalue weighted by Crippen LogP contribution is -2.59. The Labute approximate surface area is 212 Å². The number of rotatable bonds is 15. The Hall–Kier alpha value is -4.20. The Bertz CT molecular complexity index is 996. The molecule has 0 aliphatic heterocycles. The zero-order valence-electron chi connectivity index (χ0n) is 20.3. The van der Waals surface area contributed by atoms with E-state index in [1.807, 2.05) is 0 Å². The second-order valence-electron chi connectivity index (χ2n) is 8.70. The molecule has 4 unspecified atom stereocenters. The van der Waals surface area contributed by atoms with E-state index in [1.165, 1.54) is 24.3 Å². The maximum Gasteiger partial charge on any atom is 0.326 e. The fourth-order valence-electron chi connectivity index (χ4n) is 3.21. The maximum atomic E-state index is 13.1. The molecular formula is C23H32N4O10. The quantitative estimate of drug-likeness (QED) is 0.135. The molecule has 0 spiro atoms. The Morgan fingerprint density at radius 2 is 1.38 bits per heavy atom. The average molecular weight is 525 g/mol. The number of phenolic OH excluding ortho intramolecular Hbond substituents is 1. The zero-order chi connectivity index (χ0) is 28.3. The number of hydrogen-bond acceptors (Lipinski definition) is 8. The summed E-state index contributed by atoms with van der Waals surface area (Å²) in [5.41, 5.74) is 6.05. The Balaban J connectivity index is 3.13. The van der Waals surface area contributed by atoms with Gasteiger partial charge in [-0.3, -0.25) is 24.0 Å². The number of nitrogens with two attached hydrogens (primary N) is 1. The van der Waals surface area contributed by atoms with Crippen molar-refractivity contribution >= 4 is 35.6 Å². The molecule has 14 heteroatoms. The summed E-state index contributed by atoms with van der Waals surface area (Å²) in [4.78, 5) is 71.5. The number of carbonyl (C=O) groups is 6. The fraction of sp³-hybridized carbons (Fsp3) is 0.478. The van der Waals surface area contributed by atoms with Crippen molar-refractivity contribution in [2.24, 2.45) is 11.7 Å². The molecule has 3 amide bonds.